The minimum Gasteiger partial charge on any atom is -0.330 e. The van der Waals surface area contributed by atoms with Crippen LogP contribution < -0.4 is 5.73 Å². The van der Waals surface area contributed by atoms with Crippen LogP contribution in [0.4, 0.5) is 0 Å². The van der Waals surface area contributed by atoms with E-state index < -0.39 is 0 Å². The molecule has 108 valence electrons. The molecule has 1 aliphatic rings. The van der Waals surface area contributed by atoms with Gasteiger partial charge in [-0.3, -0.25) is 4.90 Å². The summed E-state index contributed by atoms with van der Waals surface area (Å²) in [4.78, 5) is 2.61. The molecule has 0 amide bonds. The van der Waals surface area contributed by atoms with Crippen molar-refractivity contribution in [3.63, 3.8) is 0 Å². The van der Waals surface area contributed by atoms with Gasteiger partial charge in [-0.15, -0.1) is 0 Å². The first-order valence-electron chi connectivity index (χ1n) is 7.73. The number of hydrogen-bond acceptors (Lipinski definition) is 2. The number of nitrogens with two attached hydrogens (primary N) is 1. The Kier molecular flexibility index (Phi) is 5.67. The molecule has 4 atom stereocenters. The molecule has 2 nitrogen and oxygen atoms in total. The van der Waals surface area contributed by atoms with E-state index >= 15 is 0 Å². The highest BCUT2D eigenvalue weighted by atomic mass is 15.2. The van der Waals surface area contributed by atoms with Crippen molar-refractivity contribution in [2.24, 2.45) is 23.0 Å². The molecule has 2 N–H and O–H groups in total. The van der Waals surface area contributed by atoms with Crippen LogP contribution in [0.2, 0.25) is 0 Å². The Balaban J connectivity index is 2.75. The van der Waals surface area contributed by atoms with Crippen LogP contribution in [0.5, 0.6) is 0 Å². The summed E-state index contributed by atoms with van der Waals surface area (Å²) < 4.78 is 0. The van der Waals surface area contributed by atoms with E-state index in [0.29, 0.717) is 23.4 Å². The van der Waals surface area contributed by atoms with Crippen molar-refractivity contribution in [3.8, 4) is 0 Å². The molecule has 0 aromatic carbocycles. The summed E-state index contributed by atoms with van der Waals surface area (Å²) in [7, 11) is 2.31. The molecule has 18 heavy (non-hydrogen) atoms. The van der Waals surface area contributed by atoms with Crippen molar-refractivity contribution in [2.75, 3.05) is 13.6 Å². The monoisotopic (exact) mass is 254 g/mol. The molecule has 2 heteroatoms. The summed E-state index contributed by atoms with van der Waals surface area (Å²) in [5, 5.41) is 0. The van der Waals surface area contributed by atoms with Gasteiger partial charge in [0, 0.05) is 12.1 Å². The molecule has 0 spiro atoms. The van der Waals surface area contributed by atoms with Gasteiger partial charge in [0.25, 0.3) is 0 Å². The van der Waals surface area contributed by atoms with Gasteiger partial charge in [0.2, 0.25) is 0 Å². The quantitative estimate of drug-likeness (QED) is 0.832. The van der Waals surface area contributed by atoms with Crippen molar-refractivity contribution in [1.82, 2.24) is 4.90 Å². The summed E-state index contributed by atoms with van der Waals surface area (Å²) in [6.07, 6.45) is 5.37. The van der Waals surface area contributed by atoms with Gasteiger partial charge in [0.1, 0.15) is 0 Å². The average Bonchev–Trinajstić information content (AvgIpc) is 2.35. The third-order valence-corrected chi connectivity index (χ3v) is 5.33. The largest absolute Gasteiger partial charge is 0.330 e. The van der Waals surface area contributed by atoms with E-state index in [2.05, 4.69) is 46.6 Å². The van der Waals surface area contributed by atoms with Gasteiger partial charge < -0.3 is 5.73 Å². The topological polar surface area (TPSA) is 29.3 Å². The van der Waals surface area contributed by atoms with Crippen molar-refractivity contribution in [2.45, 2.75) is 72.4 Å². The lowest BCUT2D eigenvalue weighted by Crippen LogP contribution is -2.51. The smallest absolute Gasteiger partial charge is 0.0138 e. The Bertz CT molecular complexity index is 244. The van der Waals surface area contributed by atoms with E-state index in [9.17, 15) is 0 Å². The SMILES string of the molecule is CCC1CCC(CN)C(N(C)C(C)C(C)(C)C)C1. The van der Waals surface area contributed by atoms with Gasteiger partial charge in [-0.1, -0.05) is 40.5 Å². The third-order valence-electron chi connectivity index (χ3n) is 5.33. The second-order valence-corrected chi connectivity index (χ2v) is 7.36. The van der Waals surface area contributed by atoms with Gasteiger partial charge in [-0.25, -0.2) is 0 Å². The molecular weight excluding hydrogens is 220 g/mol. The van der Waals surface area contributed by atoms with Crippen LogP contribution in [-0.4, -0.2) is 30.6 Å². The standard InChI is InChI=1S/C16H34N2/c1-7-13-8-9-14(11-17)15(10-13)18(6)12(2)16(3,4)5/h12-15H,7-11,17H2,1-6H3. The van der Waals surface area contributed by atoms with Crippen molar-refractivity contribution >= 4 is 0 Å². The fourth-order valence-corrected chi connectivity index (χ4v) is 3.34. The molecule has 1 rings (SSSR count). The molecule has 0 aromatic heterocycles. The van der Waals surface area contributed by atoms with Crippen molar-refractivity contribution in [3.05, 3.63) is 0 Å². The Hall–Kier alpha value is -0.0800. The maximum atomic E-state index is 6.00. The molecule has 0 bridgehead atoms. The highest BCUT2D eigenvalue weighted by Gasteiger charge is 2.36. The predicted molar refractivity (Wildman–Crippen MR) is 80.6 cm³/mol. The minimum atomic E-state index is 0.340. The first-order valence-corrected chi connectivity index (χ1v) is 7.73. The van der Waals surface area contributed by atoms with E-state index in [-0.39, 0.29) is 0 Å². The first kappa shape index (κ1) is 16.0. The number of hydrogen-bond donors (Lipinski definition) is 1. The van der Waals surface area contributed by atoms with E-state index in [1.807, 2.05) is 0 Å². The molecule has 0 saturated heterocycles. The summed E-state index contributed by atoms with van der Waals surface area (Å²) in [6.45, 7) is 12.6. The average molecular weight is 254 g/mol. The molecule has 1 aliphatic carbocycles. The zero-order chi connectivity index (χ0) is 13.9. The Morgan fingerprint density at radius 3 is 2.33 bits per heavy atom. The van der Waals surface area contributed by atoms with Crippen molar-refractivity contribution in [1.29, 1.82) is 0 Å². The summed E-state index contributed by atoms with van der Waals surface area (Å²) in [6, 6.07) is 1.29. The zero-order valence-electron chi connectivity index (χ0n) is 13.4. The summed E-state index contributed by atoms with van der Waals surface area (Å²) in [5.74, 6) is 1.61. The lowest BCUT2D eigenvalue weighted by molar-refractivity contribution is 0.0329. The van der Waals surface area contributed by atoms with E-state index in [0.717, 1.165) is 12.5 Å². The van der Waals surface area contributed by atoms with Crippen LogP contribution in [0.15, 0.2) is 0 Å². The van der Waals surface area contributed by atoms with E-state index in [4.69, 9.17) is 5.73 Å². The normalized spacial score (nSPS) is 31.7. The fourth-order valence-electron chi connectivity index (χ4n) is 3.34. The lowest BCUT2D eigenvalue weighted by Gasteiger charge is -2.46. The molecule has 0 aliphatic heterocycles. The van der Waals surface area contributed by atoms with Gasteiger partial charge in [0.15, 0.2) is 0 Å². The molecule has 0 radical (unpaired) electrons. The van der Waals surface area contributed by atoms with E-state index in [1.54, 1.807) is 0 Å². The molecule has 0 aromatic rings. The Morgan fingerprint density at radius 2 is 1.89 bits per heavy atom. The van der Waals surface area contributed by atoms with Crippen LogP contribution in [0, 0.1) is 17.3 Å². The molecule has 1 saturated carbocycles. The minimum absolute atomic E-state index is 0.340. The molecule has 0 heterocycles. The second kappa shape index (κ2) is 6.38. The zero-order valence-corrected chi connectivity index (χ0v) is 13.4. The van der Waals surface area contributed by atoms with Gasteiger partial charge >= 0.3 is 0 Å². The fraction of sp³-hybridized carbons (Fsp3) is 1.00. The number of nitrogens with zero attached hydrogens (tertiary/aromatic N) is 1. The lowest BCUT2D eigenvalue weighted by atomic mass is 9.75. The highest BCUT2D eigenvalue weighted by molar-refractivity contribution is 4.90. The van der Waals surface area contributed by atoms with E-state index in [1.165, 1.54) is 25.7 Å². The van der Waals surface area contributed by atoms with Crippen LogP contribution in [-0.2, 0) is 0 Å². The maximum absolute atomic E-state index is 6.00. The predicted octanol–water partition coefficient (Wildman–Crippen LogP) is 3.51. The van der Waals surface area contributed by atoms with Crippen LogP contribution in [0.1, 0.15) is 60.3 Å². The van der Waals surface area contributed by atoms with Crippen molar-refractivity contribution < 1.29 is 0 Å². The van der Waals surface area contributed by atoms with Crippen LogP contribution in [0.25, 0.3) is 0 Å². The molecule has 1 fully saturated rings. The maximum Gasteiger partial charge on any atom is 0.0138 e. The third kappa shape index (κ3) is 3.71. The first-order chi connectivity index (χ1) is 8.31. The Labute approximate surface area is 114 Å². The molecule has 4 unspecified atom stereocenters. The summed E-state index contributed by atoms with van der Waals surface area (Å²) in [5.41, 5.74) is 6.34. The second-order valence-electron chi connectivity index (χ2n) is 7.36. The van der Waals surface area contributed by atoms with Crippen LogP contribution >= 0.6 is 0 Å². The van der Waals surface area contributed by atoms with Gasteiger partial charge in [-0.2, -0.15) is 0 Å². The van der Waals surface area contributed by atoms with Gasteiger partial charge in [-0.05, 0) is 50.6 Å². The molecular formula is C16H34N2. The summed E-state index contributed by atoms with van der Waals surface area (Å²) >= 11 is 0. The Morgan fingerprint density at radius 1 is 1.28 bits per heavy atom. The number of rotatable bonds is 4. The van der Waals surface area contributed by atoms with Crippen LogP contribution in [0.3, 0.4) is 0 Å². The highest BCUT2D eigenvalue weighted by Crippen LogP contribution is 2.36. The van der Waals surface area contributed by atoms with Gasteiger partial charge in [0.05, 0.1) is 0 Å².